The number of nitrogens with one attached hydrogen (secondary N) is 1. The summed E-state index contributed by atoms with van der Waals surface area (Å²) in [6.45, 7) is 3.01. The topological polar surface area (TPSA) is 63.6 Å². The van der Waals surface area contributed by atoms with E-state index < -0.39 is 0 Å². The molecule has 0 aliphatic rings. The molecule has 2 heterocycles. The van der Waals surface area contributed by atoms with Crippen LogP contribution in [0, 0.1) is 0 Å². The summed E-state index contributed by atoms with van der Waals surface area (Å²) in [5.74, 6) is 0.513. The SMILES string of the molecule is CCCCCNc1nc(Cl)c2nccnc2n1. The normalized spacial score (nSPS) is 10.7. The molecule has 0 saturated heterocycles. The molecule has 0 radical (unpaired) electrons. The van der Waals surface area contributed by atoms with Gasteiger partial charge in [-0.1, -0.05) is 31.4 Å². The van der Waals surface area contributed by atoms with E-state index in [2.05, 4.69) is 32.2 Å². The number of nitrogens with zero attached hydrogens (tertiary/aromatic N) is 4. The van der Waals surface area contributed by atoms with Crippen LogP contribution in [0.1, 0.15) is 26.2 Å². The van der Waals surface area contributed by atoms with Gasteiger partial charge in [0, 0.05) is 18.9 Å². The van der Waals surface area contributed by atoms with Crippen molar-refractivity contribution < 1.29 is 0 Å². The maximum absolute atomic E-state index is 6.01. The molecule has 0 aromatic carbocycles. The van der Waals surface area contributed by atoms with Crippen LogP contribution in [0.25, 0.3) is 11.2 Å². The van der Waals surface area contributed by atoms with Crippen molar-refractivity contribution in [3.63, 3.8) is 0 Å². The summed E-state index contributed by atoms with van der Waals surface area (Å²) in [6.07, 6.45) is 6.63. The second-order valence-corrected chi connectivity index (χ2v) is 4.06. The van der Waals surface area contributed by atoms with Crippen LogP contribution in [-0.4, -0.2) is 26.5 Å². The molecule has 0 atom stereocenters. The first-order chi connectivity index (χ1) is 8.31. The number of aromatic nitrogens is 4. The highest BCUT2D eigenvalue weighted by Crippen LogP contribution is 2.17. The molecule has 0 unspecified atom stereocenters. The van der Waals surface area contributed by atoms with Gasteiger partial charge in [-0.15, -0.1) is 0 Å². The van der Waals surface area contributed by atoms with Gasteiger partial charge in [0.1, 0.15) is 5.52 Å². The number of unbranched alkanes of at least 4 members (excludes halogenated alkanes) is 2. The van der Waals surface area contributed by atoms with Gasteiger partial charge in [-0.2, -0.15) is 9.97 Å². The van der Waals surface area contributed by atoms with Crippen molar-refractivity contribution >= 4 is 28.7 Å². The summed E-state index contributed by atoms with van der Waals surface area (Å²) < 4.78 is 0. The Balaban J connectivity index is 2.13. The van der Waals surface area contributed by atoms with Gasteiger partial charge >= 0.3 is 0 Å². The molecule has 2 aromatic heterocycles. The molecule has 0 aliphatic carbocycles. The zero-order valence-corrected chi connectivity index (χ0v) is 10.4. The minimum absolute atomic E-state index is 0.334. The van der Waals surface area contributed by atoms with E-state index in [-0.39, 0.29) is 0 Å². The highest BCUT2D eigenvalue weighted by Gasteiger charge is 2.06. The van der Waals surface area contributed by atoms with Crippen LogP contribution in [0.15, 0.2) is 12.4 Å². The van der Waals surface area contributed by atoms with Crippen molar-refractivity contribution in [1.29, 1.82) is 0 Å². The molecular formula is C11H14ClN5. The Labute approximate surface area is 105 Å². The first-order valence-electron chi connectivity index (χ1n) is 5.69. The molecule has 0 spiro atoms. The molecule has 1 N–H and O–H groups in total. The standard InChI is InChI=1S/C11H14ClN5/c1-2-3-4-5-15-11-16-9(12)8-10(17-11)14-7-6-13-8/h6-7H,2-5H2,1H3,(H,14,15,16,17). The van der Waals surface area contributed by atoms with Gasteiger partial charge in [-0.3, -0.25) is 0 Å². The van der Waals surface area contributed by atoms with Crippen LogP contribution in [0.5, 0.6) is 0 Å². The second-order valence-electron chi connectivity index (χ2n) is 3.70. The van der Waals surface area contributed by atoms with E-state index in [0.29, 0.717) is 22.3 Å². The first-order valence-corrected chi connectivity index (χ1v) is 6.07. The zero-order chi connectivity index (χ0) is 12.1. The molecule has 0 aliphatic heterocycles. The molecule has 0 fully saturated rings. The van der Waals surface area contributed by atoms with Crippen molar-refractivity contribution in [2.75, 3.05) is 11.9 Å². The lowest BCUT2D eigenvalue weighted by atomic mass is 10.2. The quantitative estimate of drug-likeness (QED) is 0.654. The van der Waals surface area contributed by atoms with E-state index in [9.17, 15) is 0 Å². The largest absolute Gasteiger partial charge is 0.354 e. The van der Waals surface area contributed by atoms with E-state index in [1.807, 2.05) is 0 Å². The van der Waals surface area contributed by atoms with Gasteiger partial charge in [0.25, 0.3) is 0 Å². The number of hydrogen-bond donors (Lipinski definition) is 1. The van der Waals surface area contributed by atoms with Crippen LogP contribution in [0.3, 0.4) is 0 Å². The average Bonchev–Trinajstić information content (AvgIpc) is 2.35. The van der Waals surface area contributed by atoms with E-state index in [4.69, 9.17) is 11.6 Å². The lowest BCUT2D eigenvalue weighted by Gasteiger charge is -2.05. The van der Waals surface area contributed by atoms with Gasteiger partial charge in [0.2, 0.25) is 5.95 Å². The van der Waals surface area contributed by atoms with Crippen LogP contribution >= 0.6 is 11.6 Å². The fourth-order valence-corrected chi connectivity index (χ4v) is 1.70. The van der Waals surface area contributed by atoms with E-state index in [1.54, 1.807) is 12.4 Å². The molecule has 0 saturated carbocycles. The number of hydrogen-bond acceptors (Lipinski definition) is 5. The summed E-state index contributed by atoms with van der Waals surface area (Å²) in [5.41, 5.74) is 1.05. The Morgan fingerprint density at radius 3 is 2.82 bits per heavy atom. The maximum Gasteiger partial charge on any atom is 0.226 e. The third-order valence-corrected chi connectivity index (χ3v) is 2.62. The van der Waals surface area contributed by atoms with Gasteiger partial charge in [0.05, 0.1) is 0 Å². The van der Waals surface area contributed by atoms with E-state index in [0.717, 1.165) is 13.0 Å². The molecule has 0 amide bonds. The lowest BCUT2D eigenvalue weighted by molar-refractivity contribution is 0.740. The highest BCUT2D eigenvalue weighted by molar-refractivity contribution is 6.33. The van der Waals surface area contributed by atoms with Gasteiger partial charge in [-0.25, -0.2) is 9.97 Å². The summed E-state index contributed by atoms with van der Waals surface area (Å²) in [5, 5.41) is 3.47. The van der Waals surface area contributed by atoms with Crippen molar-refractivity contribution in [2.24, 2.45) is 0 Å². The lowest BCUT2D eigenvalue weighted by Crippen LogP contribution is -2.06. The van der Waals surface area contributed by atoms with Crippen molar-refractivity contribution in [1.82, 2.24) is 19.9 Å². The Morgan fingerprint density at radius 2 is 2.00 bits per heavy atom. The number of halogens is 1. The summed E-state index contributed by atoms with van der Waals surface area (Å²) >= 11 is 6.01. The zero-order valence-electron chi connectivity index (χ0n) is 9.65. The van der Waals surface area contributed by atoms with Crippen LogP contribution < -0.4 is 5.32 Å². The van der Waals surface area contributed by atoms with Crippen LogP contribution in [0.4, 0.5) is 5.95 Å². The Morgan fingerprint density at radius 1 is 1.18 bits per heavy atom. The summed E-state index contributed by atoms with van der Waals surface area (Å²) in [6, 6.07) is 0. The van der Waals surface area contributed by atoms with Gasteiger partial charge < -0.3 is 5.32 Å². The number of fused-ring (bicyclic) bond motifs is 1. The maximum atomic E-state index is 6.01. The molecule has 0 bridgehead atoms. The number of anilines is 1. The fraction of sp³-hybridized carbons (Fsp3) is 0.455. The van der Waals surface area contributed by atoms with Crippen molar-refractivity contribution in [3.8, 4) is 0 Å². The summed E-state index contributed by atoms with van der Waals surface area (Å²) in [7, 11) is 0. The average molecular weight is 252 g/mol. The molecule has 90 valence electrons. The third-order valence-electron chi connectivity index (χ3n) is 2.35. The van der Waals surface area contributed by atoms with Gasteiger partial charge in [-0.05, 0) is 6.42 Å². The predicted octanol–water partition coefficient (Wildman–Crippen LogP) is 2.68. The fourth-order valence-electron chi connectivity index (χ4n) is 1.48. The minimum Gasteiger partial charge on any atom is -0.354 e. The van der Waals surface area contributed by atoms with Gasteiger partial charge in [0.15, 0.2) is 10.8 Å². The highest BCUT2D eigenvalue weighted by atomic mass is 35.5. The van der Waals surface area contributed by atoms with E-state index >= 15 is 0 Å². The first kappa shape index (κ1) is 12.0. The molecule has 2 aromatic rings. The molecule has 6 heteroatoms. The molecule has 5 nitrogen and oxygen atoms in total. The Kier molecular flexibility index (Phi) is 4.03. The Hall–Kier alpha value is -1.49. The second kappa shape index (κ2) is 5.72. The smallest absolute Gasteiger partial charge is 0.226 e. The number of rotatable bonds is 5. The Bertz CT molecular complexity index is 502. The minimum atomic E-state index is 0.334. The van der Waals surface area contributed by atoms with Crippen molar-refractivity contribution in [3.05, 3.63) is 17.5 Å². The van der Waals surface area contributed by atoms with E-state index in [1.165, 1.54) is 12.8 Å². The third kappa shape index (κ3) is 3.00. The molecular weight excluding hydrogens is 238 g/mol. The molecule has 2 rings (SSSR count). The monoisotopic (exact) mass is 251 g/mol. The molecule has 17 heavy (non-hydrogen) atoms. The van der Waals surface area contributed by atoms with Crippen molar-refractivity contribution in [2.45, 2.75) is 26.2 Å². The van der Waals surface area contributed by atoms with Crippen LogP contribution in [0.2, 0.25) is 5.15 Å². The predicted molar refractivity (Wildman–Crippen MR) is 68.2 cm³/mol. The summed E-state index contributed by atoms with van der Waals surface area (Å²) in [4.78, 5) is 16.6. The van der Waals surface area contributed by atoms with Crippen LogP contribution in [-0.2, 0) is 0 Å².